The normalized spacial score (nSPS) is 11.7. The third-order valence-corrected chi connectivity index (χ3v) is 4.76. The molecule has 0 radical (unpaired) electrons. The Balaban J connectivity index is 1.50. The quantitative estimate of drug-likeness (QED) is 0.262. The molecule has 0 spiro atoms. The summed E-state index contributed by atoms with van der Waals surface area (Å²) in [6.45, 7) is 2.78. The van der Waals surface area contributed by atoms with Gasteiger partial charge in [-0.3, -0.25) is 4.79 Å². The topological polar surface area (TPSA) is 52.6 Å². The van der Waals surface area contributed by atoms with Gasteiger partial charge in [-0.15, -0.1) is 0 Å². The second kappa shape index (κ2) is 7.69. The van der Waals surface area contributed by atoms with Crippen molar-refractivity contribution in [2.24, 2.45) is 0 Å². The number of rotatable bonds is 6. The molecule has 1 aliphatic rings. The molecule has 0 unspecified atom stereocenters. The Kier molecular flexibility index (Phi) is 4.94. The van der Waals surface area contributed by atoms with Crippen molar-refractivity contribution in [2.75, 3.05) is 6.61 Å². The van der Waals surface area contributed by atoms with Crippen LogP contribution in [0, 0.1) is 0 Å². The first-order chi connectivity index (χ1) is 13.7. The van der Waals surface area contributed by atoms with Gasteiger partial charge >= 0.3 is 5.97 Å². The van der Waals surface area contributed by atoms with Crippen molar-refractivity contribution < 1.29 is 19.1 Å². The minimum atomic E-state index is -0.459. The van der Waals surface area contributed by atoms with Gasteiger partial charge in [-0.05, 0) is 60.0 Å². The summed E-state index contributed by atoms with van der Waals surface area (Å²) in [6.07, 6.45) is 2.08. The number of ether oxygens (including phenoxy) is 2. The van der Waals surface area contributed by atoms with E-state index in [0.717, 1.165) is 29.7 Å². The van der Waals surface area contributed by atoms with Gasteiger partial charge in [0.1, 0.15) is 11.5 Å². The molecule has 0 N–H and O–H groups in total. The van der Waals surface area contributed by atoms with Gasteiger partial charge in [0.25, 0.3) is 0 Å². The van der Waals surface area contributed by atoms with Crippen molar-refractivity contribution in [3.63, 3.8) is 0 Å². The molecule has 0 fully saturated rings. The number of hydrogen-bond acceptors (Lipinski definition) is 4. The van der Waals surface area contributed by atoms with Gasteiger partial charge in [0, 0.05) is 11.1 Å². The minimum absolute atomic E-state index is 0.0100. The van der Waals surface area contributed by atoms with Gasteiger partial charge in [0.05, 0.1) is 12.2 Å². The predicted molar refractivity (Wildman–Crippen MR) is 107 cm³/mol. The van der Waals surface area contributed by atoms with Crippen LogP contribution in [0.15, 0.2) is 66.7 Å². The van der Waals surface area contributed by atoms with Crippen LogP contribution in [0.2, 0.25) is 0 Å². The number of benzene rings is 3. The molecule has 0 heterocycles. The van der Waals surface area contributed by atoms with Crippen molar-refractivity contribution in [2.45, 2.75) is 19.8 Å². The second-order valence-corrected chi connectivity index (χ2v) is 6.70. The van der Waals surface area contributed by atoms with E-state index in [-0.39, 0.29) is 5.78 Å². The van der Waals surface area contributed by atoms with E-state index in [4.69, 9.17) is 9.47 Å². The molecular formula is C24H20O4. The average molecular weight is 372 g/mol. The molecule has 0 aliphatic heterocycles. The fourth-order valence-electron chi connectivity index (χ4n) is 3.26. The minimum Gasteiger partial charge on any atom is -0.494 e. The molecule has 3 aromatic rings. The number of hydrogen-bond donors (Lipinski definition) is 0. The maximum atomic E-state index is 12.6. The van der Waals surface area contributed by atoms with Crippen LogP contribution < -0.4 is 9.47 Å². The molecule has 140 valence electrons. The van der Waals surface area contributed by atoms with Gasteiger partial charge in [-0.2, -0.15) is 0 Å². The van der Waals surface area contributed by atoms with Crippen LogP contribution in [0.5, 0.6) is 11.5 Å². The first-order valence-electron chi connectivity index (χ1n) is 9.40. The zero-order valence-corrected chi connectivity index (χ0v) is 15.6. The summed E-state index contributed by atoms with van der Waals surface area (Å²) >= 11 is 0. The Labute approximate surface area is 163 Å². The van der Waals surface area contributed by atoms with E-state index in [1.807, 2.05) is 18.2 Å². The highest BCUT2D eigenvalue weighted by Gasteiger charge is 2.27. The number of carbonyl (C=O) groups excluding carboxylic acids is 2. The van der Waals surface area contributed by atoms with Crippen molar-refractivity contribution in [3.05, 3.63) is 83.4 Å². The highest BCUT2D eigenvalue weighted by molar-refractivity contribution is 6.22. The van der Waals surface area contributed by atoms with Crippen LogP contribution in [-0.2, 0) is 0 Å². The van der Waals surface area contributed by atoms with E-state index in [1.54, 1.807) is 48.5 Å². The summed E-state index contributed by atoms with van der Waals surface area (Å²) in [5, 5.41) is 0. The lowest BCUT2D eigenvalue weighted by Crippen LogP contribution is -2.09. The van der Waals surface area contributed by atoms with E-state index in [9.17, 15) is 9.59 Å². The zero-order valence-electron chi connectivity index (χ0n) is 15.6. The van der Waals surface area contributed by atoms with Crippen LogP contribution in [0.4, 0.5) is 0 Å². The SMILES string of the molecule is CCCCOc1ccc(OC(=O)c2ccc3c(c2)-c2ccccc2C3=O)cc1. The van der Waals surface area contributed by atoms with E-state index in [0.29, 0.717) is 29.0 Å². The van der Waals surface area contributed by atoms with Crippen LogP contribution in [0.25, 0.3) is 11.1 Å². The molecule has 0 amide bonds. The standard InChI is InChI=1S/C24H20O4/c1-2-3-14-27-17-9-11-18(12-10-17)28-24(26)16-8-13-21-22(15-16)19-6-4-5-7-20(19)23(21)25/h4-13,15H,2-3,14H2,1H3. The number of esters is 1. The van der Waals surface area contributed by atoms with Crippen LogP contribution in [0.1, 0.15) is 46.0 Å². The fourth-order valence-corrected chi connectivity index (χ4v) is 3.26. The highest BCUT2D eigenvalue weighted by atomic mass is 16.5. The van der Waals surface area contributed by atoms with Gasteiger partial charge in [0.2, 0.25) is 0 Å². The van der Waals surface area contributed by atoms with Gasteiger partial charge in [-0.1, -0.05) is 37.6 Å². The molecule has 1 aliphatic carbocycles. The third kappa shape index (κ3) is 3.41. The number of unbranched alkanes of at least 4 members (excludes halogenated alkanes) is 1. The van der Waals surface area contributed by atoms with Crippen molar-refractivity contribution in [1.29, 1.82) is 0 Å². The average Bonchev–Trinajstić information content (AvgIpc) is 3.02. The molecular weight excluding hydrogens is 352 g/mol. The highest BCUT2D eigenvalue weighted by Crippen LogP contribution is 2.37. The van der Waals surface area contributed by atoms with E-state index in [2.05, 4.69) is 6.92 Å². The lowest BCUT2D eigenvalue weighted by atomic mass is 10.0. The molecule has 4 rings (SSSR count). The zero-order chi connectivity index (χ0) is 19.5. The largest absolute Gasteiger partial charge is 0.494 e. The lowest BCUT2D eigenvalue weighted by Gasteiger charge is -2.08. The molecule has 0 saturated carbocycles. The summed E-state index contributed by atoms with van der Waals surface area (Å²) < 4.78 is 11.1. The number of fused-ring (bicyclic) bond motifs is 3. The molecule has 0 saturated heterocycles. The fraction of sp³-hybridized carbons (Fsp3) is 0.167. The van der Waals surface area contributed by atoms with E-state index < -0.39 is 5.97 Å². The predicted octanol–water partition coefficient (Wildman–Crippen LogP) is 5.30. The number of carbonyl (C=O) groups is 2. The molecule has 0 aromatic heterocycles. The van der Waals surface area contributed by atoms with E-state index >= 15 is 0 Å². The number of ketones is 1. The Morgan fingerprint density at radius 3 is 2.25 bits per heavy atom. The van der Waals surface area contributed by atoms with Crippen LogP contribution >= 0.6 is 0 Å². The van der Waals surface area contributed by atoms with Crippen LogP contribution in [-0.4, -0.2) is 18.4 Å². The Bertz CT molecular complexity index is 1030. The summed E-state index contributed by atoms with van der Waals surface area (Å²) in [4.78, 5) is 25.0. The Morgan fingerprint density at radius 1 is 0.821 bits per heavy atom. The summed E-state index contributed by atoms with van der Waals surface area (Å²) in [6, 6.07) is 19.5. The summed E-state index contributed by atoms with van der Waals surface area (Å²) in [7, 11) is 0. The van der Waals surface area contributed by atoms with Crippen molar-refractivity contribution >= 4 is 11.8 Å². The smallest absolute Gasteiger partial charge is 0.343 e. The van der Waals surface area contributed by atoms with Gasteiger partial charge < -0.3 is 9.47 Å². The molecule has 4 nitrogen and oxygen atoms in total. The lowest BCUT2D eigenvalue weighted by molar-refractivity contribution is 0.0734. The Morgan fingerprint density at radius 2 is 1.50 bits per heavy atom. The monoisotopic (exact) mass is 372 g/mol. The van der Waals surface area contributed by atoms with Crippen LogP contribution in [0.3, 0.4) is 0 Å². The van der Waals surface area contributed by atoms with Crippen molar-refractivity contribution in [1.82, 2.24) is 0 Å². The first kappa shape index (κ1) is 18.0. The summed E-state index contributed by atoms with van der Waals surface area (Å²) in [5.74, 6) is 0.731. The molecule has 4 heteroatoms. The van der Waals surface area contributed by atoms with E-state index in [1.165, 1.54) is 0 Å². The van der Waals surface area contributed by atoms with Gasteiger partial charge in [-0.25, -0.2) is 4.79 Å². The molecule has 0 bridgehead atoms. The summed E-state index contributed by atoms with van der Waals surface area (Å²) in [5.41, 5.74) is 3.32. The van der Waals surface area contributed by atoms with Crippen molar-refractivity contribution in [3.8, 4) is 22.6 Å². The molecule has 28 heavy (non-hydrogen) atoms. The first-order valence-corrected chi connectivity index (χ1v) is 9.40. The Hall–Kier alpha value is -3.40. The molecule has 0 atom stereocenters. The maximum Gasteiger partial charge on any atom is 0.343 e. The maximum absolute atomic E-state index is 12.6. The van der Waals surface area contributed by atoms with Gasteiger partial charge in [0.15, 0.2) is 5.78 Å². The third-order valence-electron chi connectivity index (χ3n) is 4.76. The molecule has 3 aromatic carbocycles. The second-order valence-electron chi connectivity index (χ2n) is 6.70.